The van der Waals surface area contributed by atoms with Crippen LogP contribution in [0, 0.1) is 0 Å². The van der Waals surface area contributed by atoms with Crippen molar-refractivity contribution in [3.8, 4) is 0 Å². The van der Waals surface area contributed by atoms with Gasteiger partial charge in [-0.25, -0.2) is 9.97 Å². The van der Waals surface area contributed by atoms with E-state index in [1.807, 2.05) is 18.2 Å². The molecule has 0 aliphatic rings. The van der Waals surface area contributed by atoms with Gasteiger partial charge in [-0.1, -0.05) is 25.4 Å². The van der Waals surface area contributed by atoms with Gasteiger partial charge in [-0.15, -0.1) is 0 Å². The number of hydrogen-bond donors (Lipinski definition) is 2. The molecule has 0 unspecified atom stereocenters. The highest BCUT2D eigenvalue weighted by Gasteiger charge is 2.11. The summed E-state index contributed by atoms with van der Waals surface area (Å²) in [5.74, 6) is 1.68. The van der Waals surface area contributed by atoms with Crippen molar-refractivity contribution in [2.45, 2.75) is 26.7 Å². The highest BCUT2D eigenvalue weighted by molar-refractivity contribution is 9.10. The zero-order valence-corrected chi connectivity index (χ0v) is 14.4. The number of anilines is 3. The van der Waals surface area contributed by atoms with Gasteiger partial charge in [0.25, 0.3) is 0 Å². The number of hydrogen-bond acceptors (Lipinski definition) is 4. The SMILES string of the molecule is CCCNc1ncnc(Nc2cc(Cl)ccc2Br)c1CC. The van der Waals surface area contributed by atoms with Crippen LogP contribution in [0.15, 0.2) is 29.0 Å². The maximum atomic E-state index is 6.05. The van der Waals surface area contributed by atoms with Gasteiger partial charge in [-0.2, -0.15) is 0 Å². The Balaban J connectivity index is 2.33. The second-order valence-electron chi connectivity index (χ2n) is 4.58. The van der Waals surface area contributed by atoms with Gasteiger partial charge in [-0.3, -0.25) is 0 Å². The number of rotatable bonds is 6. The quantitative estimate of drug-likeness (QED) is 0.750. The lowest BCUT2D eigenvalue weighted by Crippen LogP contribution is -2.08. The van der Waals surface area contributed by atoms with E-state index in [0.717, 1.165) is 46.7 Å². The number of halogens is 2. The Bertz CT molecular complexity index is 619. The van der Waals surface area contributed by atoms with E-state index in [2.05, 4.69) is 50.4 Å². The summed E-state index contributed by atoms with van der Waals surface area (Å²) >= 11 is 9.57. The predicted octanol–water partition coefficient (Wildman–Crippen LogP) is 5.02. The van der Waals surface area contributed by atoms with Crippen LogP contribution < -0.4 is 10.6 Å². The van der Waals surface area contributed by atoms with Crippen molar-refractivity contribution in [1.82, 2.24) is 9.97 Å². The van der Waals surface area contributed by atoms with Crippen LogP contribution in [0.25, 0.3) is 0 Å². The fourth-order valence-electron chi connectivity index (χ4n) is 1.97. The molecule has 0 aliphatic carbocycles. The molecular weight excluding hydrogens is 352 g/mol. The van der Waals surface area contributed by atoms with Crippen LogP contribution in [-0.2, 0) is 6.42 Å². The number of nitrogens with zero attached hydrogens (tertiary/aromatic N) is 2. The van der Waals surface area contributed by atoms with Crippen LogP contribution in [0.4, 0.5) is 17.3 Å². The van der Waals surface area contributed by atoms with Crippen LogP contribution >= 0.6 is 27.5 Å². The van der Waals surface area contributed by atoms with Crippen molar-refractivity contribution in [3.05, 3.63) is 39.6 Å². The summed E-state index contributed by atoms with van der Waals surface area (Å²) in [6, 6.07) is 5.62. The summed E-state index contributed by atoms with van der Waals surface area (Å²) in [4.78, 5) is 8.69. The molecule has 2 rings (SSSR count). The van der Waals surface area contributed by atoms with Gasteiger partial charge in [-0.05, 0) is 47.0 Å². The minimum atomic E-state index is 0.678. The molecule has 0 saturated carbocycles. The van der Waals surface area contributed by atoms with Crippen LogP contribution in [-0.4, -0.2) is 16.5 Å². The lowest BCUT2D eigenvalue weighted by atomic mass is 10.2. The molecule has 0 saturated heterocycles. The Labute approximate surface area is 138 Å². The summed E-state index contributed by atoms with van der Waals surface area (Å²) < 4.78 is 0.940. The van der Waals surface area contributed by atoms with Crippen molar-refractivity contribution >= 4 is 44.9 Å². The van der Waals surface area contributed by atoms with Crippen molar-refractivity contribution in [2.75, 3.05) is 17.2 Å². The molecule has 6 heteroatoms. The topological polar surface area (TPSA) is 49.8 Å². The fourth-order valence-corrected chi connectivity index (χ4v) is 2.49. The Hall–Kier alpha value is -1.33. The van der Waals surface area contributed by atoms with Gasteiger partial charge in [0.15, 0.2) is 0 Å². The van der Waals surface area contributed by atoms with Crippen LogP contribution in [0.1, 0.15) is 25.8 Å². The third kappa shape index (κ3) is 4.08. The van der Waals surface area contributed by atoms with E-state index in [-0.39, 0.29) is 0 Å². The third-order valence-electron chi connectivity index (χ3n) is 3.02. The Kier molecular flexibility index (Phi) is 5.82. The van der Waals surface area contributed by atoms with Gasteiger partial charge in [0.05, 0.1) is 5.69 Å². The van der Waals surface area contributed by atoms with E-state index >= 15 is 0 Å². The zero-order chi connectivity index (χ0) is 15.2. The minimum absolute atomic E-state index is 0.678. The monoisotopic (exact) mass is 368 g/mol. The first-order chi connectivity index (χ1) is 10.2. The lowest BCUT2D eigenvalue weighted by Gasteiger charge is -2.15. The lowest BCUT2D eigenvalue weighted by molar-refractivity contribution is 0.949. The van der Waals surface area contributed by atoms with Crippen molar-refractivity contribution in [1.29, 1.82) is 0 Å². The fraction of sp³-hybridized carbons (Fsp3) is 0.333. The first-order valence-electron chi connectivity index (χ1n) is 6.95. The third-order valence-corrected chi connectivity index (χ3v) is 3.95. The molecule has 0 aliphatic heterocycles. The second kappa shape index (κ2) is 7.61. The van der Waals surface area contributed by atoms with Gasteiger partial charge in [0.1, 0.15) is 18.0 Å². The standard InChI is InChI=1S/C15H18BrClN4/c1-3-7-18-14-11(4-2)15(20-9-19-14)21-13-8-10(17)5-6-12(13)16/h5-6,8-9H,3-4,7H2,1-2H3,(H2,18,19,20,21). The molecular formula is C15H18BrClN4. The maximum Gasteiger partial charge on any atom is 0.139 e. The number of benzene rings is 1. The van der Waals surface area contributed by atoms with Gasteiger partial charge < -0.3 is 10.6 Å². The van der Waals surface area contributed by atoms with E-state index in [9.17, 15) is 0 Å². The Morgan fingerprint density at radius 1 is 1.19 bits per heavy atom. The van der Waals surface area contributed by atoms with E-state index in [4.69, 9.17) is 11.6 Å². The molecule has 2 N–H and O–H groups in total. The Morgan fingerprint density at radius 2 is 1.95 bits per heavy atom. The number of nitrogens with one attached hydrogen (secondary N) is 2. The van der Waals surface area contributed by atoms with Gasteiger partial charge in [0.2, 0.25) is 0 Å². The average molecular weight is 370 g/mol. The average Bonchev–Trinajstić information content (AvgIpc) is 2.49. The molecule has 0 radical (unpaired) electrons. The smallest absolute Gasteiger partial charge is 0.139 e. The van der Waals surface area contributed by atoms with Crippen LogP contribution in [0.5, 0.6) is 0 Å². The van der Waals surface area contributed by atoms with Gasteiger partial charge in [0, 0.05) is 21.6 Å². The molecule has 1 heterocycles. The first-order valence-corrected chi connectivity index (χ1v) is 8.12. The predicted molar refractivity (Wildman–Crippen MR) is 92.6 cm³/mol. The number of aromatic nitrogens is 2. The van der Waals surface area contributed by atoms with E-state index in [0.29, 0.717) is 5.02 Å². The molecule has 4 nitrogen and oxygen atoms in total. The zero-order valence-electron chi connectivity index (χ0n) is 12.1. The van der Waals surface area contributed by atoms with E-state index in [1.165, 1.54) is 0 Å². The molecule has 112 valence electrons. The Morgan fingerprint density at radius 3 is 2.67 bits per heavy atom. The van der Waals surface area contributed by atoms with Crippen LogP contribution in [0.3, 0.4) is 0 Å². The summed E-state index contributed by atoms with van der Waals surface area (Å²) in [5.41, 5.74) is 1.95. The highest BCUT2D eigenvalue weighted by atomic mass is 79.9. The molecule has 1 aromatic heterocycles. The van der Waals surface area contributed by atoms with Gasteiger partial charge >= 0.3 is 0 Å². The summed E-state index contributed by atoms with van der Waals surface area (Å²) in [7, 11) is 0. The maximum absolute atomic E-state index is 6.05. The normalized spacial score (nSPS) is 10.5. The van der Waals surface area contributed by atoms with Crippen LogP contribution in [0.2, 0.25) is 5.02 Å². The largest absolute Gasteiger partial charge is 0.370 e. The summed E-state index contributed by atoms with van der Waals surface area (Å²) in [6.07, 6.45) is 3.46. The molecule has 1 aromatic carbocycles. The molecule has 2 aromatic rings. The molecule has 0 spiro atoms. The van der Waals surface area contributed by atoms with E-state index in [1.54, 1.807) is 6.33 Å². The van der Waals surface area contributed by atoms with E-state index < -0.39 is 0 Å². The molecule has 0 bridgehead atoms. The minimum Gasteiger partial charge on any atom is -0.370 e. The molecule has 0 fully saturated rings. The molecule has 0 atom stereocenters. The molecule has 21 heavy (non-hydrogen) atoms. The van der Waals surface area contributed by atoms with Crippen molar-refractivity contribution in [2.24, 2.45) is 0 Å². The summed E-state index contributed by atoms with van der Waals surface area (Å²) in [6.45, 7) is 5.11. The van der Waals surface area contributed by atoms with Crippen molar-refractivity contribution < 1.29 is 0 Å². The summed E-state index contributed by atoms with van der Waals surface area (Å²) in [5, 5.41) is 7.34. The highest BCUT2D eigenvalue weighted by Crippen LogP contribution is 2.30. The van der Waals surface area contributed by atoms with Crippen molar-refractivity contribution in [3.63, 3.8) is 0 Å². The second-order valence-corrected chi connectivity index (χ2v) is 5.87. The molecule has 0 amide bonds. The first kappa shape index (κ1) is 16.0.